The first-order chi connectivity index (χ1) is 11.4. The van der Waals surface area contributed by atoms with Gasteiger partial charge in [-0.25, -0.2) is 4.79 Å². The van der Waals surface area contributed by atoms with Crippen LogP contribution in [0.5, 0.6) is 5.75 Å². The lowest BCUT2D eigenvalue weighted by molar-refractivity contribution is -0.129. The van der Waals surface area contributed by atoms with Crippen molar-refractivity contribution in [3.8, 4) is 5.75 Å². The molecule has 1 N–H and O–H groups in total. The zero-order valence-electron chi connectivity index (χ0n) is 13.9. The van der Waals surface area contributed by atoms with Gasteiger partial charge in [0.15, 0.2) is 0 Å². The lowest BCUT2D eigenvalue weighted by Crippen LogP contribution is -2.45. The minimum absolute atomic E-state index is 0.228. The monoisotopic (exact) mass is 355 g/mol. The van der Waals surface area contributed by atoms with Crippen LogP contribution in [-0.2, 0) is 15.3 Å². The molecule has 0 bridgehead atoms. The molecule has 0 fully saturated rings. The second kappa shape index (κ2) is 9.66. The first-order valence-corrected chi connectivity index (χ1v) is 8.41. The highest BCUT2D eigenvalue weighted by Crippen LogP contribution is 2.22. The molecule has 0 aliphatic rings. The first kappa shape index (κ1) is 19.6. The van der Waals surface area contributed by atoms with Crippen LogP contribution in [-0.4, -0.2) is 52.5 Å². The number of rotatable bonds is 7. The normalized spacial score (nSPS) is 11.3. The summed E-state index contributed by atoms with van der Waals surface area (Å²) in [5, 5.41) is 2.41. The molecule has 0 aliphatic carbocycles. The topological polar surface area (TPSA) is 105 Å². The Morgan fingerprint density at radius 3 is 2.38 bits per heavy atom. The van der Waals surface area contributed by atoms with Crippen molar-refractivity contribution in [2.75, 3.05) is 27.2 Å². The van der Waals surface area contributed by atoms with Crippen molar-refractivity contribution >= 4 is 22.4 Å². The number of carbonyl (C=O) groups excluding carboxylic acids is 2. The van der Waals surface area contributed by atoms with Gasteiger partial charge in [-0.15, -0.1) is 0 Å². The van der Waals surface area contributed by atoms with E-state index >= 15 is 0 Å². The molecule has 0 heterocycles. The molecule has 0 aliphatic heterocycles. The smallest absolute Gasteiger partial charge is 0.323 e. The summed E-state index contributed by atoms with van der Waals surface area (Å²) in [5.74, 6) is -0.778. The molecule has 8 nitrogen and oxygen atoms in total. The summed E-state index contributed by atoms with van der Waals surface area (Å²) in [4.78, 5) is 25.8. The summed E-state index contributed by atoms with van der Waals surface area (Å²) in [6, 6.07) is 6.09. The van der Waals surface area contributed by atoms with Gasteiger partial charge in [0.05, 0.1) is 19.6 Å². The fourth-order valence-electron chi connectivity index (χ4n) is 2.16. The van der Waals surface area contributed by atoms with Gasteiger partial charge < -0.3 is 10.1 Å². The number of nitrogens with zero attached hydrogens (tertiary/aromatic N) is 2. The summed E-state index contributed by atoms with van der Waals surface area (Å²) in [7, 11) is 0.311. The molecule has 9 heteroatoms. The van der Waals surface area contributed by atoms with Crippen molar-refractivity contribution in [2.45, 2.75) is 19.3 Å². The Balaban J connectivity index is 3.21. The van der Waals surface area contributed by atoms with Gasteiger partial charge in [-0.1, -0.05) is 19.1 Å². The molecule has 3 amide bonds. The highest BCUT2D eigenvalue weighted by molar-refractivity contribution is 7.61. The number of hydrogen-bond acceptors (Lipinski definition) is 6. The van der Waals surface area contributed by atoms with Gasteiger partial charge in [-0.2, -0.15) is 12.8 Å². The van der Waals surface area contributed by atoms with Gasteiger partial charge in [-0.05, 0) is 24.1 Å². The quantitative estimate of drug-likeness (QED) is 0.796. The standard InChI is InChI=1S/C15H21N3O5S/c1-4-9-18(15(20)16-2)14(19)13(10-17-24(21)22)11-5-7-12(23-3)8-6-11/h5-8,13H,4,9-10H2,1-3H3,(H,16,20). The van der Waals surface area contributed by atoms with Gasteiger partial charge in [-0.3, -0.25) is 9.69 Å². The molecule has 1 aromatic carbocycles. The largest absolute Gasteiger partial charge is 0.497 e. The van der Waals surface area contributed by atoms with Crippen molar-refractivity contribution in [3.05, 3.63) is 29.8 Å². The Kier molecular flexibility index (Phi) is 7.90. The van der Waals surface area contributed by atoms with E-state index in [4.69, 9.17) is 4.74 Å². The van der Waals surface area contributed by atoms with E-state index in [1.807, 2.05) is 6.92 Å². The van der Waals surface area contributed by atoms with E-state index in [-0.39, 0.29) is 13.1 Å². The molecule has 0 radical (unpaired) electrons. The van der Waals surface area contributed by atoms with Gasteiger partial charge in [0.2, 0.25) is 5.91 Å². The van der Waals surface area contributed by atoms with Crippen LogP contribution in [0.3, 0.4) is 0 Å². The number of benzene rings is 1. The molecule has 1 rings (SSSR count). The van der Waals surface area contributed by atoms with E-state index in [2.05, 4.69) is 9.68 Å². The molecule has 0 spiro atoms. The number of methoxy groups -OCH3 is 1. The van der Waals surface area contributed by atoms with Gasteiger partial charge >= 0.3 is 16.5 Å². The number of hydrogen-bond donors (Lipinski definition) is 1. The second-order valence-electron chi connectivity index (χ2n) is 4.90. The lowest BCUT2D eigenvalue weighted by Gasteiger charge is -2.24. The van der Waals surface area contributed by atoms with Crippen LogP contribution < -0.4 is 10.1 Å². The van der Waals surface area contributed by atoms with E-state index in [1.165, 1.54) is 14.2 Å². The molecule has 1 unspecified atom stereocenters. The molecule has 0 aromatic heterocycles. The number of urea groups is 1. The van der Waals surface area contributed by atoms with Crippen LogP contribution in [0.1, 0.15) is 24.8 Å². The van der Waals surface area contributed by atoms with E-state index in [9.17, 15) is 18.0 Å². The maximum absolute atomic E-state index is 12.8. The summed E-state index contributed by atoms with van der Waals surface area (Å²) >= 11 is 0. The molecular formula is C15H21N3O5S. The summed E-state index contributed by atoms with van der Waals surface area (Å²) in [6.07, 6.45) is 0.582. The third-order valence-electron chi connectivity index (χ3n) is 3.35. The zero-order chi connectivity index (χ0) is 18.1. The maximum Gasteiger partial charge on any atom is 0.323 e. The highest BCUT2D eigenvalue weighted by Gasteiger charge is 2.29. The van der Waals surface area contributed by atoms with Crippen molar-refractivity contribution < 1.29 is 22.7 Å². The Bertz CT molecular complexity index is 692. The molecule has 132 valence electrons. The SMILES string of the molecule is CCCN(C(=O)NC)C(=O)C(CN=S(=O)=O)c1ccc(OC)cc1. The fourth-order valence-corrected chi connectivity index (χ4v) is 2.43. The third-order valence-corrected chi connectivity index (χ3v) is 3.71. The van der Waals surface area contributed by atoms with Crippen LogP contribution in [0.25, 0.3) is 0 Å². The fraction of sp³-hybridized carbons (Fsp3) is 0.467. The van der Waals surface area contributed by atoms with Crippen LogP contribution >= 0.6 is 0 Å². The number of amides is 3. The first-order valence-electron chi connectivity index (χ1n) is 7.38. The molecular weight excluding hydrogens is 334 g/mol. The van der Waals surface area contributed by atoms with E-state index in [1.54, 1.807) is 24.3 Å². The van der Waals surface area contributed by atoms with Crippen LogP contribution in [0.2, 0.25) is 0 Å². The van der Waals surface area contributed by atoms with Crippen LogP contribution in [0.4, 0.5) is 4.79 Å². The van der Waals surface area contributed by atoms with Crippen molar-refractivity contribution in [1.29, 1.82) is 0 Å². The minimum Gasteiger partial charge on any atom is -0.497 e. The summed E-state index contributed by atoms with van der Waals surface area (Å²) in [5.41, 5.74) is 0.556. The predicted molar refractivity (Wildman–Crippen MR) is 88.4 cm³/mol. The Morgan fingerprint density at radius 1 is 1.29 bits per heavy atom. The van der Waals surface area contributed by atoms with Crippen LogP contribution in [0, 0.1) is 0 Å². The van der Waals surface area contributed by atoms with E-state index in [0.717, 1.165) is 4.90 Å². The Morgan fingerprint density at radius 2 is 1.92 bits per heavy atom. The van der Waals surface area contributed by atoms with E-state index < -0.39 is 28.4 Å². The van der Waals surface area contributed by atoms with Gasteiger partial charge in [0, 0.05) is 13.6 Å². The number of ether oxygens (including phenoxy) is 1. The average Bonchev–Trinajstić information content (AvgIpc) is 2.59. The number of nitrogens with one attached hydrogen (secondary N) is 1. The Labute approximate surface area is 142 Å². The summed E-state index contributed by atoms with van der Waals surface area (Å²) < 4.78 is 30.0. The zero-order valence-corrected chi connectivity index (χ0v) is 14.7. The maximum atomic E-state index is 12.8. The number of carbonyl (C=O) groups is 2. The average molecular weight is 355 g/mol. The molecule has 1 atom stereocenters. The summed E-state index contributed by atoms with van der Waals surface area (Å²) in [6.45, 7) is 1.80. The molecule has 1 aromatic rings. The number of imide groups is 1. The molecule has 0 saturated carbocycles. The van der Waals surface area contributed by atoms with Crippen molar-refractivity contribution in [2.24, 2.45) is 4.36 Å². The third kappa shape index (κ3) is 5.34. The molecule has 24 heavy (non-hydrogen) atoms. The van der Waals surface area contributed by atoms with Crippen LogP contribution in [0.15, 0.2) is 28.6 Å². The Hall–Kier alpha value is -2.42. The van der Waals surface area contributed by atoms with Crippen molar-refractivity contribution in [1.82, 2.24) is 10.2 Å². The highest BCUT2D eigenvalue weighted by atomic mass is 32.2. The van der Waals surface area contributed by atoms with Gasteiger partial charge in [0.1, 0.15) is 5.75 Å². The van der Waals surface area contributed by atoms with Crippen molar-refractivity contribution in [3.63, 3.8) is 0 Å². The minimum atomic E-state index is -2.63. The predicted octanol–water partition coefficient (Wildman–Crippen LogP) is 1.42. The molecule has 0 saturated heterocycles. The van der Waals surface area contributed by atoms with Gasteiger partial charge in [0.25, 0.3) is 0 Å². The van der Waals surface area contributed by atoms with E-state index in [0.29, 0.717) is 17.7 Å². The second-order valence-corrected chi connectivity index (χ2v) is 5.59. The lowest BCUT2D eigenvalue weighted by atomic mass is 9.97.